The second-order valence-corrected chi connectivity index (χ2v) is 8.17. The number of rotatable bonds is 6. The predicted octanol–water partition coefficient (Wildman–Crippen LogP) is 3.46. The molecule has 37 heavy (non-hydrogen) atoms. The van der Waals surface area contributed by atoms with Gasteiger partial charge in [-0.3, -0.25) is 0 Å². The molecule has 5 rings (SSSR count). The summed E-state index contributed by atoms with van der Waals surface area (Å²) in [7, 11) is 0. The Balaban J connectivity index is 0.000000747. The first kappa shape index (κ1) is 25.5. The van der Waals surface area contributed by atoms with Gasteiger partial charge in [-0.15, -0.1) is 10.1 Å². The van der Waals surface area contributed by atoms with Crippen molar-refractivity contribution in [1.29, 1.82) is 0 Å². The van der Waals surface area contributed by atoms with Gasteiger partial charge in [0.15, 0.2) is 23.7 Å². The Kier molecular flexibility index (Phi) is 7.89. The summed E-state index contributed by atoms with van der Waals surface area (Å²) in [5.74, 6) is 0.703. The number of fused-ring (bicyclic) bond motifs is 4. The lowest BCUT2D eigenvalue weighted by atomic mass is 10.0. The van der Waals surface area contributed by atoms with E-state index >= 15 is 0 Å². The molecule has 10 heteroatoms. The van der Waals surface area contributed by atoms with E-state index in [0.717, 1.165) is 57.4 Å². The molecule has 0 atom stereocenters. The van der Waals surface area contributed by atoms with Crippen LogP contribution < -0.4 is 19.9 Å². The molecule has 0 saturated heterocycles. The molecule has 0 amide bonds. The van der Waals surface area contributed by atoms with Crippen LogP contribution in [0.15, 0.2) is 82.5 Å². The van der Waals surface area contributed by atoms with Crippen LogP contribution in [0, 0.1) is 10.1 Å². The van der Waals surface area contributed by atoms with Crippen LogP contribution in [0.1, 0.15) is 13.8 Å². The van der Waals surface area contributed by atoms with E-state index in [2.05, 4.69) is 43.0 Å². The van der Waals surface area contributed by atoms with E-state index in [4.69, 9.17) is 29.7 Å². The molecule has 2 heterocycles. The summed E-state index contributed by atoms with van der Waals surface area (Å²) < 4.78 is 8.24. The average Bonchev–Trinajstić information content (AvgIpc) is 2.89. The topological polar surface area (TPSA) is 132 Å². The highest BCUT2D eigenvalue weighted by Gasteiger charge is 2.15. The van der Waals surface area contributed by atoms with Crippen LogP contribution in [0.5, 0.6) is 0 Å². The lowest BCUT2D eigenvalue weighted by Gasteiger charge is -2.21. The molecule has 1 aliphatic carbocycles. The first-order chi connectivity index (χ1) is 17.9. The molecule has 0 bridgehead atoms. The summed E-state index contributed by atoms with van der Waals surface area (Å²) in [6.07, 6.45) is 3.77. The maximum absolute atomic E-state index is 10.9. The molecule has 0 fully saturated rings. The van der Waals surface area contributed by atoms with Crippen LogP contribution in [0.25, 0.3) is 33.3 Å². The molecule has 1 N–H and O–H groups in total. The Hall–Kier alpha value is -4.57. The Bertz CT molecular complexity index is 1560. The van der Waals surface area contributed by atoms with Crippen molar-refractivity contribution < 1.29 is 24.4 Å². The van der Waals surface area contributed by atoms with Crippen LogP contribution in [0.2, 0.25) is 0 Å². The van der Waals surface area contributed by atoms with Crippen molar-refractivity contribution in [2.24, 2.45) is 4.99 Å². The quantitative estimate of drug-likeness (QED) is 0.124. The summed E-state index contributed by atoms with van der Waals surface area (Å²) in [6.45, 7) is 6.47. The van der Waals surface area contributed by atoms with Crippen LogP contribution in [0.3, 0.4) is 0 Å². The van der Waals surface area contributed by atoms with Gasteiger partial charge in [-0.2, -0.15) is 0 Å². The summed E-state index contributed by atoms with van der Waals surface area (Å²) in [4.78, 5) is 20.5. The summed E-state index contributed by atoms with van der Waals surface area (Å²) in [5.41, 5.74) is 4.36. The van der Waals surface area contributed by atoms with Crippen molar-refractivity contribution >= 4 is 33.2 Å². The Labute approximate surface area is 212 Å². The fraction of sp³-hybridized carbons (Fsp3) is 0.222. The summed E-state index contributed by atoms with van der Waals surface area (Å²) in [5, 5.41) is 27.4. The van der Waals surface area contributed by atoms with Gasteiger partial charge in [0.2, 0.25) is 0 Å². The fourth-order valence-corrected chi connectivity index (χ4v) is 4.22. The van der Waals surface area contributed by atoms with Crippen molar-refractivity contribution in [2.75, 3.05) is 24.6 Å². The van der Waals surface area contributed by atoms with Gasteiger partial charge in [0.05, 0.1) is 11.0 Å². The van der Waals surface area contributed by atoms with Crippen molar-refractivity contribution in [2.45, 2.75) is 20.4 Å². The molecule has 2 aliphatic rings. The van der Waals surface area contributed by atoms with Crippen LogP contribution in [-0.4, -0.2) is 35.0 Å². The average molecular weight is 502 g/mol. The zero-order valence-electron chi connectivity index (χ0n) is 20.6. The van der Waals surface area contributed by atoms with E-state index in [1.807, 2.05) is 53.4 Å². The van der Waals surface area contributed by atoms with Crippen LogP contribution in [0.4, 0.5) is 11.4 Å². The maximum Gasteiger partial charge on any atom is 0.291 e. The molecule has 0 saturated carbocycles. The monoisotopic (exact) mass is 501 g/mol. The molecule has 0 radical (unpaired) electrons. The molecule has 2 aromatic carbocycles. The van der Waals surface area contributed by atoms with Gasteiger partial charge in [0.25, 0.3) is 5.09 Å². The van der Waals surface area contributed by atoms with Gasteiger partial charge < -0.3 is 19.6 Å². The predicted molar refractivity (Wildman–Crippen MR) is 137 cm³/mol. The van der Waals surface area contributed by atoms with Crippen LogP contribution in [-0.2, 0) is 6.54 Å². The lowest BCUT2D eigenvalue weighted by molar-refractivity contribution is -0.742. The molecule has 1 aromatic heterocycles. The smallest absolute Gasteiger partial charge is 0.291 e. The largest absolute Gasteiger partial charge is 0.850 e. The van der Waals surface area contributed by atoms with E-state index in [1.165, 1.54) is 0 Å². The van der Waals surface area contributed by atoms with Crippen molar-refractivity contribution in [3.05, 3.63) is 88.5 Å². The molecular formula is C27H27N5O5. The molecule has 0 unspecified atom stereocenters. The van der Waals surface area contributed by atoms with E-state index < -0.39 is 5.09 Å². The zero-order chi connectivity index (χ0) is 26.4. The number of anilines is 1. The normalized spacial score (nSPS) is 11.5. The third-order valence-electron chi connectivity index (χ3n) is 5.96. The molecule has 10 nitrogen and oxygen atoms in total. The van der Waals surface area contributed by atoms with Gasteiger partial charge in [-0.25, -0.2) is 14.5 Å². The molecule has 1 aliphatic heterocycles. The maximum atomic E-state index is 10.9. The van der Waals surface area contributed by atoms with Crippen molar-refractivity contribution in [3.63, 3.8) is 0 Å². The Morgan fingerprint density at radius 3 is 2.38 bits per heavy atom. The highest BCUT2D eigenvalue weighted by molar-refractivity contribution is 5.96. The number of hydrogen-bond donors (Lipinski definition) is 1. The minimum Gasteiger partial charge on any atom is -0.850 e. The minimum absolute atomic E-state index is 0.144. The minimum atomic E-state index is -1.50. The van der Waals surface area contributed by atoms with Gasteiger partial charge in [0.1, 0.15) is 17.8 Å². The van der Waals surface area contributed by atoms with Gasteiger partial charge >= 0.3 is 0 Å². The van der Waals surface area contributed by atoms with Crippen molar-refractivity contribution in [3.8, 4) is 11.5 Å². The molecule has 3 aromatic rings. The van der Waals surface area contributed by atoms with Gasteiger partial charge in [-0.1, -0.05) is 30.9 Å². The zero-order valence-corrected chi connectivity index (χ0v) is 20.6. The molecular weight excluding hydrogens is 474 g/mol. The fourth-order valence-electron chi connectivity index (χ4n) is 4.22. The summed E-state index contributed by atoms with van der Waals surface area (Å²) >= 11 is 0. The van der Waals surface area contributed by atoms with E-state index in [1.54, 1.807) is 0 Å². The SMILES string of the molecule is CCN(CC)c1ccc2nc3c4ccccc4c(=Nc4cc[n+](CC[O-])cc4)cc-3oc2c1.O=[N+]([O-])O. The third-order valence-corrected chi connectivity index (χ3v) is 5.96. The number of aromatic nitrogens is 2. The first-order valence-electron chi connectivity index (χ1n) is 11.9. The van der Waals surface area contributed by atoms with Crippen molar-refractivity contribution in [1.82, 2.24) is 4.98 Å². The van der Waals surface area contributed by atoms with Gasteiger partial charge in [0, 0.05) is 53.8 Å². The number of benzene rings is 3. The Morgan fingerprint density at radius 1 is 1.05 bits per heavy atom. The number of pyridine rings is 1. The van der Waals surface area contributed by atoms with Gasteiger partial charge in [-0.05, 0) is 26.0 Å². The number of hydrogen-bond acceptors (Lipinski definition) is 7. The second-order valence-electron chi connectivity index (χ2n) is 8.17. The standard InChI is InChI=1S/C27H26N4O2.HNO3/c1-3-31(4-2)20-9-10-23-25(17-20)33-26-18-24(21-7-5-6-8-22(21)27(26)29-23)28-19-11-13-30(14-12-19)15-16-32;2-1(3)4/h5-14,17-18H,3-4,15-16H2,1-2H3;(H,2,3,4). The van der Waals surface area contributed by atoms with Crippen LogP contribution >= 0.6 is 0 Å². The number of nitrogens with zero attached hydrogens (tertiary/aromatic N) is 5. The third kappa shape index (κ3) is 5.81. The molecule has 190 valence electrons. The van der Waals surface area contributed by atoms with E-state index in [0.29, 0.717) is 12.3 Å². The van der Waals surface area contributed by atoms with E-state index in [-0.39, 0.29) is 6.61 Å². The Morgan fingerprint density at radius 2 is 1.73 bits per heavy atom. The van der Waals surface area contributed by atoms with E-state index in [9.17, 15) is 5.11 Å². The highest BCUT2D eigenvalue weighted by Crippen LogP contribution is 2.31. The first-order valence-corrected chi connectivity index (χ1v) is 11.9. The second kappa shape index (κ2) is 11.4. The highest BCUT2D eigenvalue weighted by atomic mass is 16.9. The lowest BCUT2D eigenvalue weighted by Crippen LogP contribution is -2.37. The summed E-state index contributed by atoms with van der Waals surface area (Å²) in [6, 6.07) is 20.1. The molecule has 0 spiro atoms.